The molecule has 0 aromatic heterocycles. The van der Waals surface area contributed by atoms with E-state index in [9.17, 15) is 4.79 Å². The molecule has 0 spiro atoms. The van der Waals surface area contributed by atoms with Crippen LogP contribution >= 0.6 is 11.8 Å². The van der Waals surface area contributed by atoms with Crippen molar-refractivity contribution in [3.63, 3.8) is 0 Å². The second kappa shape index (κ2) is 3.86. The lowest BCUT2D eigenvalue weighted by atomic mass is 10.2. The highest BCUT2D eigenvalue weighted by atomic mass is 32.2. The number of nitrogens with one attached hydrogen (secondary N) is 2. The van der Waals surface area contributed by atoms with Crippen LogP contribution in [0.15, 0.2) is 0 Å². The molecular weight excluding hydrogens is 188 g/mol. The van der Waals surface area contributed by atoms with E-state index in [1.54, 1.807) is 11.8 Å². The maximum atomic E-state index is 11.4. The Bertz CT molecular complexity index is 212. The van der Waals surface area contributed by atoms with E-state index in [-0.39, 0.29) is 17.4 Å². The fourth-order valence-corrected chi connectivity index (χ4v) is 3.02. The average molecular weight is 202 g/mol. The molecule has 2 aliphatic rings. The number of esters is 1. The third-order valence-corrected chi connectivity index (χ3v) is 3.67. The summed E-state index contributed by atoms with van der Waals surface area (Å²) < 4.78 is 4.98. The Morgan fingerprint density at radius 3 is 3.31 bits per heavy atom. The Balaban J connectivity index is 1.95. The van der Waals surface area contributed by atoms with Crippen LogP contribution in [0.1, 0.15) is 6.92 Å². The van der Waals surface area contributed by atoms with E-state index in [0.717, 1.165) is 12.3 Å². The highest BCUT2D eigenvalue weighted by molar-refractivity contribution is 8.00. The zero-order valence-electron chi connectivity index (χ0n) is 7.58. The minimum absolute atomic E-state index is 0.132. The van der Waals surface area contributed by atoms with Crippen LogP contribution in [-0.2, 0) is 9.53 Å². The lowest BCUT2D eigenvalue weighted by molar-refractivity contribution is -0.146. The molecule has 1 unspecified atom stereocenters. The normalized spacial score (nSPS) is 37.5. The van der Waals surface area contributed by atoms with Crippen molar-refractivity contribution in [2.75, 3.05) is 18.9 Å². The molecule has 0 aromatic carbocycles. The number of thioether (sulfide) groups is 1. The van der Waals surface area contributed by atoms with Crippen molar-refractivity contribution >= 4 is 17.7 Å². The van der Waals surface area contributed by atoms with Gasteiger partial charge < -0.3 is 10.1 Å². The SMILES string of the molecule is CCOC(=O)[C@H]1NC[C@@H]2CSC1N2. The van der Waals surface area contributed by atoms with E-state index in [0.29, 0.717) is 12.6 Å². The molecule has 74 valence electrons. The summed E-state index contributed by atoms with van der Waals surface area (Å²) in [4.78, 5) is 11.4. The second-order valence-corrected chi connectivity index (χ2v) is 4.43. The second-order valence-electron chi connectivity index (χ2n) is 3.26. The summed E-state index contributed by atoms with van der Waals surface area (Å²) in [6, 6.07) is 0.365. The number of rotatable bonds is 2. The van der Waals surface area contributed by atoms with Gasteiger partial charge in [-0.25, -0.2) is 0 Å². The summed E-state index contributed by atoms with van der Waals surface area (Å²) in [6.45, 7) is 3.16. The van der Waals surface area contributed by atoms with E-state index < -0.39 is 0 Å². The van der Waals surface area contributed by atoms with Crippen molar-refractivity contribution in [3.8, 4) is 0 Å². The van der Waals surface area contributed by atoms with Crippen LogP contribution in [0, 0.1) is 0 Å². The smallest absolute Gasteiger partial charge is 0.325 e. The molecular formula is C8H14N2O2S. The lowest BCUT2D eigenvalue weighted by Crippen LogP contribution is -2.59. The third-order valence-electron chi connectivity index (χ3n) is 2.30. The number of carbonyl (C=O) groups is 1. The Kier molecular flexibility index (Phi) is 2.76. The molecule has 5 heteroatoms. The highest BCUT2D eigenvalue weighted by Gasteiger charge is 2.39. The predicted octanol–water partition coefficient (Wildman–Crippen LogP) is -0.448. The third kappa shape index (κ3) is 1.82. The molecule has 0 radical (unpaired) electrons. The standard InChI is InChI=1S/C8H14N2O2S/c1-2-12-8(11)6-7-10-5(3-9-6)4-13-7/h5-7,9-10H,2-4H2,1H3/t5-,6+,7?/m1/s1. The van der Waals surface area contributed by atoms with E-state index >= 15 is 0 Å². The zero-order chi connectivity index (χ0) is 9.26. The minimum atomic E-state index is -0.163. The number of hydrogen-bond acceptors (Lipinski definition) is 5. The van der Waals surface area contributed by atoms with Crippen molar-refractivity contribution in [1.29, 1.82) is 0 Å². The van der Waals surface area contributed by atoms with E-state index in [4.69, 9.17) is 4.74 Å². The molecule has 2 heterocycles. The van der Waals surface area contributed by atoms with Crippen LogP contribution in [0.2, 0.25) is 0 Å². The van der Waals surface area contributed by atoms with Crippen LogP contribution in [0.3, 0.4) is 0 Å². The van der Waals surface area contributed by atoms with Gasteiger partial charge in [-0.2, -0.15) is 0 Å². The molecule has 2 rings (SSSR count). The average Bonchev–Trinajstić information content (AvgIpc) is 2.48. The van der Waals surface area contributed by atoms with Crippen molar-refractivity contribution < 1.29 is 9.53 Å². The molecule has 2 saturated heterocycles. The van der Waals surface area contributed by atoms with Crippen LogP contribution in [0.4, 0.5) is 0 Å². The van der Waals surface area contributed by atoms with Gasteiger partial charge in [0.1, 0.15) is 6.04 Å². The van der Waals surface area contributed by atoms with Gasteiger partial charge in [0, 0.05) is 18.3 Å². The largest absolute Gasteiger partial charge is 0.465 e. The molecule has 13 heavy (non-hydrogen) atoms. The molecule has 0 saturated carbocycles. The van der Waals surface area contributed by atoms with Gasteiger partial charge in [0.25, 0.3) is 0 Å². The summed E-state index contributed by atoms with van der Waals surface area (Å²) >= 11 is 1.80. The fraction of sp³-hybridized carbons (Fsp3) is 0.875. The fourth-order valence-electron chi connectivity index (χ4n) is 1.67. The molecule has 2 N–H and O–H groups in total. The van der Waals surface area contributed by atoms with Gasteiger partial charge in [0.15, 0.2) is 0 Å². The van der Waals surface area contributed by atoms with E-state index in [1.807, 2.05) is 6.92 Å². The van der Waals surface area contributed by atoms with Crippen LogP contribution in [0.25, 0.3) is 0 Å². The Morgan fingerprint density at radius 1 is 1.69 bits per heavy atom. The topological polar surface area (TPSA) is 50.4 Å². The molecule has 3 atom stereocenters. The minimum Gasteiger partial charge on any atom is -0.465 e. The Hall–Kier alpha value is -0.260. The van der Waals surface area contributed by atoms with Crippen molar-refractivity contribution in [2.45, 2.75) is 24.4 Å². The molecule has 0 amide bonds. The first kappa shape index (κ1) is 9.30. The quantitative estimate of drug-likeness (QED) is 0.594. The summed E-state index contributed by atoms with van der Waals surface area (Å²) in [5.74, 6) is 0.959. The number of ether oxygens (including phenoxy) is 1. The van der Waals surface area contributed by atoms with Gasteiger partial charge in [-0.3, -0.25) is 10.1 Å². The maximum absolute atomic E-state index is 11.4. The molecule has 2 fully saturated rings. The van der Waals surface area contributed by atoms with Crippen LogP contribution in [-0.4, -0.2) is 42.3 Å². The molecule has 0 aromatic rings. The van der Waals surface area contributed by atoms with Gasteiger partial charge in [0.05, 0.1) is 12.0 Å². The van der Waals surface area contributed by atoms with Gasteiger partial charge in [-0.1, -0.05) is 0 Å². The van der Waals surface area contributed by atoms with Crippen molar-refractivity contribution in [2.24, 2.45) is 0 Å². The first-order valence-corrected chi connectivity index (χ1v) is 5.64. The Labute approximate surface area is 81.8 Å². The van der Waals surface area contributed by atoms with E-state index in [1.165, 1.54) is 0 Å². The molecule has 4 nitrogen and oxygen atoms in total. The van der Waals surface area contributed by atoms with Gasteiger partial charge in [0.2, 0.25) is 0 Å². The monoisotopic (exact) mass is 202 g/mol. The predicted molar refractivity (Wildman–Crippen MR) is 51.6 cm³/mol. The number of piperazine rings is 1. The number of fused-ring (bicyclic) bond motifs is 2. The number of hydrogen-bond donors (Lipinski definition) is 2. The van der Waals surface area contributed by atoms with Gasteiger partial charge in [-0.15, -0.1) is 11.8 Å². The van der Waals surface area contributed by atoms with Gasteiger partial charge >= 0.3 is 5.97 Å². The maximum Gasteiger partial charge on any atom is 0.325 e. The molecule has 0 aliphatic carbocycles. The zero-order valence-corrected chi connectivity index (χ0v) is 8.39. The molecule has 2 aliphatic heterocycles. The first-order valence-electron chi connectivity index (χ1n) is 4.59. The van der Waals surface area contributed by atoms with E-state index in [2.05, 4.69) is 10.6 Å². The number of carbonyl (C=O) groups excluding carboxylic acids is 1. The summed E-state index contributed by atoms with van der Waals surface area (Å²) in [5.41, 5.74) is 0. The van der Waals surface area contributed by atoms with Crippen molar-refractivity contribution in [1.82, 2.24) is 10.6 Å². The Morgan fingerprint density at radius 2 is 2.54 bits per heavy atom. The lowest BCUT2D eigenvalue weighted by Gasteiger charge is -2.28. The summed E-state index contributed by atoms with van der Waals surface area (Å²) in [5, 5.41) is 6.79. The van der Waals surface area contributed by atoms with Crippen LogP contribution in [0.5, 0.6) is 0 Å². The summed E-state index contributed by atoms with van der Waals surface area (Å²) in [7, 11) is 0. The van der Waals surface area contributed by atoms with Gasteiger partial charge in [-0.05, 0) is 6.92 Å². The molecule has 2 bridgehead atoms. The highest BCUT2D eigenvalue weighted by Crippen LogP contribution is 2.25. The summed E-state index contributed by atoms with van der Waals surface area (Å²) in [6.07, 6.45) is 0. The van der Waals surface area contributed by atoms with Crippen molar-refractivity contribution in [3.05, 3.63) is 0 Å². The van der Waals surface area contributed by atoms with Crippen LogP contribution < -0.4 is 10.6 Å². The first-order chi connectivity index (χ1) is 6.31.